The molecule has 4 heterocycles. The van der Waals surface area contributed by atoms with Crippen LogP contribution in [0.3, 0.4) is 0 Å². The minimum absolute atomic E-state index is 0.0844. The molecule has 0 radical (unpaired) electrons. The van der Waals surface area contributed by atoms with Crippen LogP contribution in [0.2, 0.25) is 0 Å². The molecule has 2 bridgehead atoms. The van der Waals surface area contributed by atoms with Crippen LogP contribution in [0.15, 0.2) is 41.1 Å². The van der Waals surface area contributed by atoms with Gasteiger partial charge < -0.3 is 14.7 Å². The van der Waals surface area contributed by atoms with Crippen LogP contribution in [0.4, 0.5) is 0 Å². The van der Waals surface area contributed by atoms with E-state index in [1.165, 1.54) is 32.1 Å². The number of nitrogens with one attached hydrogen (secondary N) is 1. The Hall–Kier alpha value is -2.14. The topological polar surface area (TPSA) is 58.4 Å². The van der Waals surface area contributed by atoms with Crippen molar-refractivity contribution in [3.05, 3.63) is 42.1 Å². The molecule has 3 aliphatic heterocycles. The van der Waals surface area contributed by atoms with Gasteiger partial charge in [0.05, 0.1) is 6.20 Å². The quantitative estimate of drug-likeness (QED) is 0.943. The Balaban J connectivity index is 1.53. The zero-order valence-electron chi connectivity index (χ0n) is 12.4. The number of piperidine rings is 3. The predicted octanol–water partition coefficient (Wildman–Crippen LogP) is 2.17. The molecule has 1 amide bonds. The SMILES string of the molecule is O=C(N[C@H]1CN2CCC1CC2)c1cnoc1-c1ccccc1. The summed E-state index contributed by atoms with van der Waals surface area (Å²) in [7, 11) is 0. The number of fused-ring (bicyclic) bond motifs is 3. The second-order valence-corrected chi connectivity index (χ2v) is 6.15. The molecule has 3 aliphatic rings. The average molecular weight is 297 g/mol. The van der Waals surface area contributed by atoms with Gasteiger partial charge in [-0.25, -0.2) is 0 Å². The van der Waals surface area contributed by atoms with Crippen molar-refractivity contribution in [1.29, 1.82) is 0 Å². The highest BCUT2D eigenvalue weighted by Gasteiger charge is 2.35. The fourth-order valence-electron chi connectivity index (χ4n) is 3.57. The van der Waals surface area contributed by atoms with E-state index < -0.39 is 0 Å². The highest BCUT2D eigenvalue weighted by molar-refractivity contribution is 5.99. The maximum absolute atomic E-state index is 12.6. The zero-order chi connectivity index (χ0) is 14.9. The summed E-state index contributed by atoms with van der Waals surface area (Å²) < 4.78 is 5.30. The first kappa shape index (κ1) is 13.5. The van der Waals surface area contributed by atoms with Gasteiger partial charge in [0.1, 0.15) is 5.56 Å². The molecule has 5 rings (SSSR count). The maximum atomic E-state index is 12.6. The number of carbonyl (C=O) groups excluding carboxylic acids is 1. The first-order valence-corrected chi connectivity index (χ1v) is 7.84. The number of hydrogen-bond donors (Lipinski definition) is 1. The molecule has 0 saturated carbocycles. The molecule has 2 aromatic rings. The van der Waals surface area contributed by atoms with Gasteiger partial charge in [0, 0.05) is 18.2 Å². The third kappa shape index (κ3) is 2.41. The van der Waals surface area contributed by atoms with E-state index in [1.807, 2.05) is 30.3 Å². The minimum Gasteiger partial charge on any atom is -0.355 e. The van der Waals surface area contributed by atoms with Crippen molar-refractivity contribution in [3.8, 4) is 11.3 Å². The molecule has 0 aliphatic carbocycles. The Kier molecular flexibility index (Phi) is 3.42. The van der Waals surface area contributed by atoms with Crippen molar-refractivity contribution in [2.75, 3.05) is 19.6 Å². The van der Waals surface area contributed by atoms with Crippen molar-refractivity contribution >= 4 is 5.91 Å². The van der Waals surface area contributed by atoms with Gasteiger partial charge in [0.2, 0.25) is 0 Å². The summed E-state index contributed by atoms with van der Waals surface area (Å²) in [5.74, 6) is 1.06. The lowest BCUT2D eigenvalue weighted by Gasteiger charge is -2.44. The molecule has 0 spiro atoms. The molecule has 3 saturated heterocycles. The van der Waals surface area contributed by atoms with Gasteiger partial charge in [-0.05, 0) is 31.8 Å². The summed E-state index contributed by atoms with van der Waals surface area (Å²) in [5.41, 5.74) is 1.39. The molecule has 1 aromatic carbocycles. The molecule has 5 heteroatoms. The van der Waals surface area contributed by atoms with E-state index in [0.717, 1.165) is 12.1 Å². The first-order valence-electron chi connectivity index (χ1n) is 7.84. The van der Waals surface area contributed by atoms with E-state index in [0.29, 0.717) is 17.2 Å². The van der Waals surface area contributed by atoms with Gasteiger partial charge in [-0.1, -0.05) is 35.5 Å². The number of aromatic nitrogens is 1. The van der Waals surface area contributed by atoms with Gasteiger partial charge in [-0.15, -0.1) is 0 Å². The number of rotatable bonds is 3. The Labute approximate surface area is 129 Å². The molecule has 5 nitrogen and oxygen atoms in total. The lowest BCUT2D eigenvalue weighted by molar-refractivity contribution is 0.0620. The van der Waals surface area contributed by atoms with Crippen LogP contribution in [-0.4, -0.2) is 41.6 Å². The lowest BCUT2D eigenvalue weighted by atomic mass is 9.84. The van der Waals surface area contributed by atoms with E-state index in [-0.39, 0.29) is 11.9 Å². The summed E-state index contributed by atoms with van der Waals surface area (Å²) in [5, 5.41) is 7.00. The second-order valence-electron chi connectivity index (χ2n) is 6.15. The van der Waals surface area contributed by atoms with Crippen LogP contribution in [0.1, 0.15) is 23.2 Å². The summed E-state index contributed by atoms with van der Waals surface area (Å²) >= 11 is 0. The molecule has 1 aromatic heterocycles. The van der Waals surface area contributed by atoms with E-state index in [1.54, 1.807) is 0 Å². The summed E-state index contributed by atoms with van der Waals surface area (Å²) in [6.07, 6.45) is 3.87. The number of nitrogens with zero attached hydrogens (tertiary/aromatic N) is 2. The molecule has 22 heavy (non-hydrogen) atoms. The summed E-state index contributed by atoms with van der Waals surface area (Å²) in [6, 6.07) is 9.87. The smallest absolute Gasteiger partial charge is 0.257 e. The summed E-state index contributed by atoms with van der Waals surface area (Å²) in [4.78, 5) is 15.0. The van der Waals surface area contributed by atoms with Crippen molar-refractivity contribution < 1.29 is 9.32 Å². The van der Waals surface area contributed by atoms with Crippen LogP contribution < -0.4 is 5.32 Å². The number of hydrogen-bond acceptors (Lipinski definition) is 4. The number of benzene rings is 1. The second kappa shape index (κ2) is 5.57. The predicted molar refractivity (Wildman–Crippen MR) is 82.4 cm³/mol. The monoisotopic (exact) mass is 297 g/mol. The van der Waals surface area contributed by atoms with Crippen LogP contribution in [0.25, 0.3) is 11.3 Å². The van der Waals surface area contributed by atoms with Gasteiger partial charge in [-0.3, -0.25) is 4.79 Å². The highest BCUT2D eigenvalue weighted by atomic mass is 16.5. The van der Waals surface area contributed by atoms with Gasteiger partial charge >= 0.3 is 0 Å². The molecule has 1 atom stereocenters. The fraction of sp³-hybridized carbons (Fsp3) is 0.412. The van der Waals surface area contributed by atoms with Crippen LogP contribution in [0, 0.1) is 5.92 Å². The molecular formula is C17H19N3O2. The zero-order valence-corrected chi connectivity index (χ0v) is 12.4. The van der Waals surface area contributed by atoms with E-state index in [2.05, 4.69) is 15.4 Å². The molecule has 3 fully saturated rings. The standard InChI is InChI=1S/C17H19N3O2/c21-17(19-15-11-20-8-6-12(15)7-9-20)14-10-18-22-16(14)13-4-2-1-3-5-13/h1-5,10,12,15H,6-9,11H2,(H,19,21)/t15-/m0/s1. The highest BCUT2D eigenvalue weighted by Crippen LogP contribution is 2.28. The summed E-state index contributed by atoms with van der Waals surface area (Å²) in [6.45, 7) is 3.29. The average Bonchev–Trinajstić information content (AvgIpc) is 3.06. The Morgan fingerprint density at radius 1 is 1.23 bits per heavy atom. The number of amides is 1. The Morgan fingerprint density at radius 3 is 2.68 bits per heavy atom. The van der Waals surface area contributed by atoms with Crippen LogP contribution in [-0.2, 0) is 0 Å². The largest absolute Gasteiger partial charge is 0.355 e. The van der Waals surface area contributed by atoms with Crippen LogP contribution in [0.5, 0.6) is 0 Å². The van der Waals surface area contributed by atoms with E-state index in [9.17, 15) is 4.79 Å². The van der Waals surface area contributed by atoms with Crippen LogP contribution >= 0.6 is 0 Å². The first-order chi connectivity index (χ1) is 10.8. The van der Waals surface area contributed by atoms with Gasteiger partial charge in [0.15, 0.2) is 5.76 Å². The van der Waals surface area contributed by atoms with Gasteiger partial charge in [-0.2, -0.15) is 0 Å². The molecule has 114 valence electrons. The van der Waals surface area contributed by atoms with E-state index in [4.69, 9.17) is 4.52 Å². The van der Waals surface area contributed by atoms with Crippen molar-refractivity contribution in [2.24, 2.45) is 5.92 Å². The Bertz CT molecular complexity index is 660. The number of carbonyl (C=O) groups is 1. The van der Waals surface area contributed by atoms with Crippen molar-refractivity contribution in [3.63, 3.8) is 0 Å². The Morgan fingerprint density at radius 2 is 2.00 bits per heavy atom. The molecule has 0 unspecified atom stereocenters. The maximum Gasteiger partial charge on any atom is 0.257 e. The van der Waals surface area contributed by atoms with Crippen molar-refractivity contribution in [1.82, 2.24) is 15.4 Å². The third-order valence-electron chi connectivity index (χ3n) is 4.82. The van der Waals surface area contributed by atoms with E-state index >= 15 is 0 Å². The minimum atomic E-state index is -0.0844. The van der Waals surface area contributed by atoms with Gasteiger partial charge in [0.25, 0.3) is 5.91 Å². The normalized spacial score (nSPS) is 26.8. The lowest BCUT2D eigenvalue weighted by Crippen LogP contribution is -2.57. The molecule has 1 N–H and O–H groups in total. The third-order valence-corrected chi connectivity index (χ3v) is 4.82. The fourth-order valence-corrected chi connectivity index (χ4v) is 3.57. The molecular weight excluding hydrogens is 278 g/mol. The van der Waals surface area contributed by atoms with Crippen molar-refractivity contribution in [2.45, 2.75) is 18.9 Å².